The van der Waals surface area contributed by atoms with Crippen LogP contribution in [0.2, 0.25) is 0 Å². The Balaban J connectivity index is 2.50. The SMILES string of the molecule is C=C(C)[C@@H]1CCC(C)=C[C@H]1c1c(O)cc(CCC)cc1OC(=O)C(OCC)OP(=O)(O)OC(C)C. The molecule has 1 aliphatic rings. The van der Waals surface area contributed by atoms with E-state index < -0.39 is 26.2 Å². The van der Waals surface area contributed by atoms with Crippen molar-refractivity contribution in [2.24, 2.45) is 5.92 Å². The molecule has 0 fully saturated rings. The summed E-state index contributed by atoms with van der Waals surface area (Å²) in [5, 5.41) is 11.1. The smallest absolute Gasteiger partial charge is 0.475 e. The van der Waals surface area contributed by atoms with Crippen molar-refractivity contribution >= 4 is 13.8 Å². The van der Waals surface area contributed by atoms with E-state index in [0.717, 1.165) is 30.4 Å². The maximum Gasteiger partial charge on any atom is 0.475 e. The van der Waals surface area contributed by atoms with Crippen LogP contribution in [-0.2, 0) is 29.6 Å². The van der Waals surface area contributed by atoms with E-state index in [4.69, 9.17) is 18.5 Å². The van der Waals surface area contributed by atoms with E-state index in [2.05, 4.69) is 12.7 Å². The van der Waals surface area contributed by atoms with Gasteiger partial charge in [0.25, 0.3) is 6.29 Å². The Morgan fingerprint density at radius 1 is 1.26 bits per heavy atom. The Hall–Kier alpha value is -1.96. The number of carbonyl (C=O) groups excluding carboxylic acids is 1. The molecule has 0 heterocycles. The molecule has 1 aromatic carbocycles. The molecule has 0 aromatic heterocycles. The third-order valence-corrected chi connectivity index (χ3v) is 6.87. The summed E-state index contributed by atoms with van der Waals surface area (Å²) in [6, 6.07) is 3.41. The van der Waals surface area contributed by atoms with Crippen molar-refractivity contribution in [3.8, 4) is 11.5 Å². The first kappa shape index (κ1) is 29.3. The molecule has 196 valence electrons. The third-order valence-electron chi connectivity index (χ3n) is 5.73. The molecule has 0 radical (unpaired) electrons. The fourth-order valence-electron chi connectivity index (χ4n) is 4.29. The number of esters is 1. The van der Waals surface area contributed by atoms with E-state index in [9.17, 15) is 19.4 Å². The maximum atomic E-state index is 13.1. The fourth-order valence-corrected chi connectivity index (χ4v) is 5.26. The lowest BCUT2D eigenvalue weighted by molar-refractivity contribution is -0.170. The van der Waals surface area contributed by atoms with E-state index in [-0.39, 0.29) is 29.9 Å². The molecule has 0 aliphatic heterocycles. The minimum absolute atomic E-state index is 0.0193. The van der Waals surface area contributed by atoms with Gasteiger partial charge in [-0.2, -0.15) is 0 Å². The second-order valence-electron chi connectivity index (χ2n) is 9.24. The lowest BCUT2D eigenvalue weighted by Crippen LogP contribution is -2.32. The van der Waals surface area contributed by atoms with E-state index in [1.165, 1.54) is 5.57 Å². The Labute approximate surface area is 208 Å². The number of phosphoric acid groups is 1. The number of hydrogen-bond acceptors (Lipinski definition) is 7. The highest BCUT2D eigenvalue weighted by Gasteiger charge is 2.36. The Morgan fingerprint density at radius 3 is 2.51 bits per heavy atom. The van der Waals surface area contributed by atoms with Crippen LogP contribution in [0.3, 0.4) is 0 Å². The van der Waals surface area contributed by atoms with Gasteiger partial charge in [-0.15, -0.1) is 0 Å². The molecule has 4 atom stereocenters. The van der Waals surface area contributed by atoms with Crippen LogP contribution in [0.1, 0.15) is 77.8 Å². The van der Waals surface area contributed by atoms with Crippen LogP contribution >= 0.6 is 7.82 Å². The molecule has 2 N–H and O–H groups in total. The normalized spacial score (nSPS) is 20.7. The summed E-state index contributed by atoms with van der Waals surface area (Å²) >= 11 is 0. The largest absolute Gasteiger partial charge is 0.507 e. The molecule has 35 heavy (non-hydrogen) atoms. The lowest BCUT2D eigenvalue weighted by atomic mass is 9.73. The second-order valence-corrected chi connectivity index (χ2v) is 10.6. The molecule has 9 heteroatoms. The molecule has 1 aromatic rings. The second kappa shape index (κ2) is 12.8. The number of aromatic hydroxyl groups is 1. The predicted octanol–water partition coefficient (Wildman–Crippen LogP) is 6.17. The minimum atomic E-state index is -4.59. The van der Waals surface area contributed by atoms with Crippen molar-refractivity contribution in [2.45, 2.75) is 85.5 Å². The van der Waals surface area contributed by atoms with Gasteiger partial charge in [-0.25, -0.2) is 13.9 Å². The Kier molecular flexibility index (Phi) is 10.7. The first-order valence-electron chi connectivity index (χ1n) is 12.1. The zero-order valence-corrected chi connectivity index (χ0v) is 22.5. The van der Waals surface area contributed by atoms with Gasteiger partial charge in [0.15, 0.2) is 0 Å². The summed E-state index contributed by atoms with van der Waals surface area (Å²) in [7, 11) is -4.59. The van der Waals surface area contributed by atoms with Gasteiger partial charge in [-0.1, -0.05) is 37.1 Å². The first-order valence-corrected chi connectivity index (χ1v) is 13.6. The number of phenols is 1. The zero-order valence-electron chi connectivity index (χ0n) is 21.6. The van der Waals surface area contributed by atoms with Gasteiger partial charge in [-0.05, 0) is 77.5 Å². The summed E-state index contributed by atoms with van der Waals surface area (Å²) in [4.78, 5) is 23.1. The molecule has 0 bridgehead atoms. The molecule has 2 rings (SSSR count). The van der Waals surface area contributed by atoms with Crippen LogP contribution in [0.5, 0.6) is 11.5 Å². The third kappa shape index (κ3) is 8.29. The molecule has 0 spiro atoms. The number of allylic oxidation sites excluding steroid dienone is 3. The quantitative estimate of drug-likeness (QED) is 0.113. The van der Waals surface area contributed by atoms with Crippen molar-refractivity contribution in [3.05, 3.63) is 47.1 Å². The molecule has 0 saturated carbocycles. The fraction of sp³-hybridized carbons (Fsp3) is 0.577. The summed E-state index contributed by atoms with van der Waals surface area (Å²) in [6.45, 7) is 14.9. The van der Waals surface area contributed by atoms with Crippen molar-refractivity contribution in [1.29, 1.82) is 0 Å². The van der Waals surface area contributed by atoms with Gasteiger partial charge in [-0.3, -0.25) is 4.52 Å². The minimum Gasteiger partial charge on any atom is -0.507 e. The average molecular weight is 511 g/mol. The van der Waals surface area contributed by atoms with E-state index in [0.29, 0.717) is 12.0 Å². The average Bonchev–Trinajstić information content (AvgIpc) is 2.72. The lowest BCUT2D eigenvalue weighted by Gasteiger charge is -2.32. The molecular formula is C26H39O8P. The van der Waals surface area contributed by atoms with Crippen molar-refractivity contribution in [3.63, 3.8) is 0 Å². The summed E-state index contributed by atoms with van der Waals surface area (Å²) in [6.07, 6.45) is 2.94. The number of phenolic OH excluding ortho intramolecular Hbond substituents is 1. The Morgan fingerprint density at radius 2 is 1.94 bits per heavy atom. The monoisotopic (exact) mass is 510 g/mol. The highest BCUT2D eigenvalue weighted by molar-refractivity contribution is 7.47. The molecule has 8 nitrogen and oxygen atoms in total. The van der Waals surface area contributed by atoms with Crippen molar-refractivity contribution in [2.75, 3.05) is 6.61 Å². The van der Waals surface area contributed by atoms with E-state index in [1.807, 2.05) is 20.8 Å². The zero-order chi connectivity index (χ0) is 26.3. The molecular weight excluding hydrogens is 471 g/mol. The van der Waals surface area contributed by atoms with E-state index in [1.54, 1.807) is 32.9 Å². The van der Waals surface area contributed by atoms with Gasteiger partial charge >= 0.3 is 13.8 Å². The standard InChI is InChI=1S/C26H39O8P/c1-8-10-19-14-22(27)24(21-13-18(7)11-12-20(21)16(3)4)23(15-19)32-25(28)26(31-9-2)34-35(29,30)33-17(5)6/h13-15,17,20-21,26-27H,3,8-12H2,1-2,4-7H3,(H,29,30)/t20-,21+,26?/m0/s1. The van der Waals surface area contributed by atoms with Crippen molar-refractivity contribution in [1.82, 2.24) is 0 Å². The highest BCUT2D eigenvalue weighted by Crippen LogP contribution is 2.48. The summed E-state index contributed by atoms with van der Waals surface area (Å²) in [5.74, 6) is -1.04. The molecule has 0 amide bonds. The first-order chi connectivity index (χ1) is 16.4. The summed E-state index contributed by atoms with van der Waals surface area (Å²) in [5.41, 5.74) is 3.40. The predicted molar refractivity (Wildman–Crippen MR) is 134 cm³/mol. The van der Waals surface area contributed by atoms with Crippen LogP contribution in [0, 0.1) is 5.92 Å². The van der Waals surface area contributed by atoms with Gasteiger partial charge in [0, 0.05) is 18.1 Å². The highest BCUT2D eigenvalue weighted by atomic mass is 31.2. The van der Waals surface area contributed by atoms with E-state index >= 15 is 0 Å². The van der Waals surface area contributed by atoms with Crippen LogP contribution < -0.4 is 4.74 Å². The van der Waals surface area contributed by atoms with Gasteiger partial charge in [0.05, 0.1) is 6.10 Å². The van der Waals surface area contributed by atoms with Gasteiger partial charge in [0.1, 0.15) is 11.5 Å². The van der Waals surface area contributed by atoms with Crippen LogP contribution in [0.15, 0.2) is 35.9 Å². The maximum absolute atomic E-state index is 13.1. The number of rotatable bonds is 12. The number of phosphoric ester groups is 1. The number of carbonyl (C=O) groups is 1. The Bertz CT molecular complexity index is 984. The molecule has 1 aliphatic carbocycles. The van der Waals surface area contributed by atoms with Crippen LogP contribution in [0.25, 0.3) is 0 Å². The molecule has 2 unspecified atom stereocenters. The number of aryl methyl sites for hydroxylation is 1. The van der Waals surface area contributed by atoms with Crippen molar-refractivity contribution < 1.29 is 37.9 Å². The van der Waals surface area contributed by atoms with Gasteiger partial charge in [0.2, 0.25) is 0 Å². The van der Waals surface area contributed by atoms with Crippen LogP contribution in [-0.4, -0.2) is 35.0 Å². The molecule has 0 saturated heterocycles. The topological polar surface area (TPSA) is 112 Å². The van der Waals surface area contributed by atoms with Crippen LogP contribution in [0.4, 0.5) is 0 Å². The number of ether oxygens (including phenoxy) is 2. The number of hydrogen-bond donors (Lipinski definition) is 2. The number of benzene rings is 1. The van der Waals surface area contributed by atoms with Gasteiger partial charge < -0.3 is 19.5 Å². The summed E-state index contributed by atoms with van der Waals surface area (Å²) < 4.78 is 33.2.